The maximum Gasteiger partial charge on any atom is 0.307 e. The van der Waals surface area contributed by atoms with E-state index < -0.39 is 5.97 Å². The van der Waals surface area contributed by atoms with E-state index in [0.717, 1.165) is 30.1 Å². The summed E-state index contributed by atoms with van der Waals surface area (Å²) >= 11 is 0. The van der Waals surface area contributed by atoms with Gasteiger partial charge in [-0.1, -0.05) is 25.5 Å². The Hall–Kier alpha value is -1.51. The average molecular weight is 248 g/mol. The molecular weight excluding hydrogens is 228 g/mol. The molecule has 0 aliphatic heterocycles. The Morgan fingerprint density at radius 1 is 1.44 bits per heavy atom. The molecule has 98 valence electrons. The van der Waals surface area contributed by atoms with Gasteiger partial charge in [0, 0.05) is 0 Å². The summed E-state index contributed by atoms with van der Waals surface area (Å²) < 4.78 is 5.96. The van der Waals surface area contributed by atoms with E-state index in [1.807, 2.05) is 24.3 Å². The van der Waals surface area contributed by atoms with E-state index >= 15 is 0 Å². The fourth-order valence-corrected chi connectivity index (χ4v) is 2.58. The van der Waals surface area contributed by atoms with Crippen LogP contribution in [0.1, 0.15) is 38.2 Å². The van der Waals surface area contributed by atoms with Crippen molar-refractivity contribution in [1.29, 1.82) is 0 Å². The van der Waals surface area contributed by atoms with Crippen molar-refractivity contribution in [2.75, 3.05) is 0 Å². The van der Waals surface area contributed by atoms with Crippen LogP contribution in [0.3, 0.4) is 0 Å². The standard InChI is InChI=1S/C15H20O3/c1-11-4-2-6-13(8-11)18-14-7-3-5-12(9-14)10-15(16)17/h3,5,7,9,11,13H,2,4,6,8,10H2,1H3,(H,16,17). The van der Waals surface area contributed by atoms with Gasteiger partial charge < -0.3 is 9.84 Å². The summed E-state index contributed by atoms with van der Waals surface area (Å²) in [4.78, 5) is 10.7. The summed E-state index contributed by atoms with van der Waals surface area (Å²) in [6.07, 6.45) is 5.06. The van der Waals surface area contributed by atoms with Gasteiger partial charge in [0.25, 0.3) is 0 Å². The molecule has 0 bridgehead atoms. The van der Waals surface area contributed by atoms with Crippen LogP contribution in [0.25, 0.3) is 0 Å². The lowest BCUT2D eigenvalue weighted by molar-refractivity contribution is -0.136. The Kier molecular flexibility index (Phi) is 4.24. The topological polar surface area (TPSA) is 46.5 Å². The normalized spacial score (nSPS) is 23.6. The first-order valence-corrected chi connectivity index (χ1v) is 6.61. The summed E-state index contributed by atoms with van der Waals surface area (Å²) in [6, 6.07) is 7.43. The largest absolute Gasteiger partial charge is 0.490 e. The molecule has 3 heteroatoms. The summed E-state index contributed by atoms with van der Waals surface area (Å²) in [6.45, 7) is 2.26. The van der Waals surface area contributed by atoms with Crippen LogP contribution >= 0.6 is 0 Å². The first-order valence-electron chi connectivity index (χ1n) is 6.61. The Bertz CT molecular complexity index is 414. The molecule has 1 aliphatic rings. The molecular formula is C15H20O3. The number of benzene rings is 1. The molecule has 2 atom stereocenters. The fraction of sp³-hybridized carbons (Fsp3) is 0.533. The van der Waals surface area contributed by atoms with Crippen LogP contribution < -0.4 is 4.74 Å². The van der Waals surface area contributed by atoms with Gasteiger partial charge in [0.2, 0.25) is 0 Å². The highest BCUT2D eigenvalue weighted by atomic mass is 16.5. The Labute approximate surface area is 108 Å². The number of hydrogen-bond acceptors (Lipinski definition) is 2. The van der Waals surface area contributed by atoms with Crippen LogP contribution in [-0.2, 0) is 11.2 Å². The molecule has 1 aliphatic carbocycles. The molecule has 3 nitrogen and oxygen atoms in total. The summed E-state index contributed by atoms with van der Waals surface area (Å²) in [7, 11) is 0. The molecule has 18 heavy (non-hydrogen) atoms. The van der Waals surface area contributed by atoms with Crippen molar-refractivity contribution in [2.24, 2.45) is 5.92 Å². The minimum atomic E-state index is -0.807. The van der Waals surface area contributed by atoms with Crippen molar-refractivity contribution in [1.82, 2.24) is 0 Å². The molecule has 0 saturated heterocycles. The summed E-state index contributed by atoms with van der Waals surface area (Å²) in [5, 5.41) is 8.77. The SMILES string of the molecule is CC1CCCC(Oc2cccc(CC(=O)O)c2)C1. The van der Waals surface area contributed by atoms with Crippen molar-refractivity contribution in [3.05, 3.63) is 29.8 Å². The highest BCUT2D eigenvalue weighted by Gasteiger charge is 2.20. The van der Waals surface area contributed by atoms with Crippen molar-refractivity contribution in [3.63, 3.8) is 0 Å². The van der Waals surface area contributed by atoms with E-state index in [1.165, 1.54) is 12.8 Å². The van der Waals surface area contributed by atoms with Crippen molar-refractivity contribution in [2.45, 2.75) is 45.1 Å². The zero-order valence-corrected chi connectivity index (χ0v) is 10.8. The van der Waals surface area contributed by atoms with Gasteiger partial charge in [0.15, 0.2) is 0 Å². The number of hydrogen-bond donors (Lipinski definition) is 1. The molecule has 1 fully saturated rings. The number of carbonyl (C=O) groups is 1. The highest BCUT2D eigenvalue weighted by molar-refractivity contribution is 5.70. The molecule has 0 radical (unpaired) electrons. The number of carboxylic acid groups (broad SMARTS) is 1. The smallest absolute Gasteiger partial charge is 0.307 e. The van der Waals surface area contributed by atoms with Gasteiger partial charge in [-0.05, 0) is 42.9 Å². The second kappa shape index (κ2) is 5.89. The monoisotopic (exact) mass is 248 g/mol. The Morgan fingerprint density at radius 2 is 2.28 bits per heavy atom. The second-order valence-corrected chi connectivity index (χ2v) is 5.23. The first-order chi connectivity index (χ1) is 8.63. The average Bonchev–Trinajstić information content (AvgIpc) is 2.28. The van der Waals surface area contributed by atoms with Crippen LogP contribution in [0.4, 0.5) is 0 Å². The molecule has 0 spiro atoms. The van der Waals surface area contributed by atoms with Crippen LogP contribution in [0, 0.1) is 5.92 Å². The van der Waals surface area contributed by atoms with Gasteiger partial charge in [-0.2, -0.15) is 0 Å². The predicted molar refractivity (Wildman–Crippen MR) is 69.8 cm³/mol. The molecule has 1 aromatic rings. The van der Waals surface area contributed by atoms with Gasteiger partial charge in [0.05, 0.1) is 12.5 Å². The molecule has 0 aromatic heterocycles. The van der Waals surface area contributed by atoms with Crippen LogP contribution in [-0.4, -0.2) is 17.2 Å². The first kappa shape index (κ1) is 12.9. The third-order valence-corrected chi connectivity index (χ3v) is 3.44. The maximum atomic E-state index is 10.7. The maximum absolute atomic E-state index is 10.7. The van der Waals surface area contributed by atoms with E-state index in [2.05, 4.69) is 6.92 Å². The van der Waals surface area contributed by atoms with Crippen molar-refractivity contribution in [3.8, 4) is 5.75 Å². The van der Waals surface area contributed by atoms with Crippen LogP contribution in [0.5, 0.6) is 5.75 Å². The van der Waals surface area contributed by atoms with Crippen molar-refractivity contribution < 1.29 is 14.6 Å². The minimum Gasteiger partial charge on any atom is -0.490 e. The summed E-state index contributed by atoms with van der Waals surface area (Å²) in [5.41, 5.74) is 0.795. The zero-order valence-electron chi connectivity index (χ0n) is 10.8. The third kappa shape index (κ3) is 3.76. The molecule has 2 rings (SSSR count). The zero-order chi connectivity index (χ0) is 13.0. The van der Waals surface area contributed by atoms with E-state index in [9.17, 15) is 4.79 Å². The Balaban J connectivity index is 1.98. The van der Waals surface area contributed by atoms with Gasteiger partial charge in [-0.25, -0.2) is 0 Å². The lowest BCUT2D eigenvalue weighted by Gasteiger charge is -2.27. The molecule has 0 heterocycles. The minimum absolute atomic E-state index is 0.0538. The predicted octanol–water partition coefficient (Wildman–Crippen LogP) is 3.27. The number of aliphatic carboxylic acids is 1. The quantitative estimate of drug-likeness (QED) is 0.889. The number of carboxylic acids is 1. The molecule has 1 N–H and O–H groups in total. The van der Waals surface area contributed by atoms with E-state index in [4.69, 9.17) is 9.84 Å². The van der Waals surface area contributed by atoms with Gasteiger partial charge in [0.1, 0.15) is 5.75 Å². The third-order valence-electron chi connectivity index (χ3n) is 3.44. The second-order valence-electron chi connectivity index (χ2n) is 5.23. The van der Waals surface area contributed by atoms with E-state index in [0.29, 0.717) is 0 Å². The van der Waals surface area contributed by atoms with Crippen LogP contribution in [0.15, 0.2) is 24.3 Å². The highest BCUT2D eigenvalue weighted by Crippen LogP contribution is 2.27. The number of ether oxygens (including phenoxy) is 1. The lowest BCUT2D eigenvalue weighted by Crippen LogP contribution is -2.24. The number of rotatable bonds is 4. The van der Waals surface area contributed by atoms with Gasteiger partial charge in [-0.15, -0.1) is 0 Å². The molecule has 2 unspecified atom stereocenters. The molecule has 0 amide bonds. The van der Waals surface area contributed by atoms with Gasteiger partial charge >= 0.3 is 5.97 Å². The molecule has 1 aromatic carbocycles. The lowest BCUT2D eigenvalue weighted by atomic mass is 9.89. The molecule has 1 saturated carbocycles. The summed E-state index contributed by atoms with van der Waals surface area (Å²) in [5.74, 6) is 0.720. The van der Waals surface area contributed by atoms with Crippen LogP contribution in [0.2, 0.25) is 0 Å². The Morgan fingerprint density at radius 3 is 3.00 bits per heavy atom. The van der Waals surface area contributed by atoms with E-state index in [-0.39, 0.29) is 12.5 Å². The van der Waals surface area contributed by atoms with E-state index in [1.54, 1.807) is 0 Å². The fourth-order valence-electron chi connectivity index (χ4n) is 2.58. The van der Waals surface area contributed by atoms with Crippen molar-refractivity contribution >= 4 is 5.97 Å². The van der Waals surface area contributed by atoms with Gasteiger partial charge in [-0.3, -0.25) is 4.79 Å².